The Labute approximate surface area is 121 Å². The van der Waals surface area contributed by atoms with E-state index in [2.05, 4.69) is 31.6 Å². The normalized spacial score (nSPS) is 24.3. The van der Waals surface area contributed by atoms with Gasteiger partial charge in [-0.25, -0.2) is 15.0 Å². The molecule has 0 radical (unpaired) electrons. The Kier molecular flexibility index (Phi) is 2.77. The molecule has 5 nitrogen and oxygen atoms in total. The van der Waals surface area contributed by atoms with E-state index in [4.69, 9.17) is 5.73 Å². The largest absolute Gasteiger partial charge is 0.382 e. The van der Waals surface area contributed by atoms with Crippen molar-refractivity contribution in [2.75, 3.05) is 22.9 Å². The number of thioether (sulfide) groups is 1. The summed E-state index contributed by atoms with van der Waals surface area (Å²) in [4.78, 5) is 15.0. The molecule has 20 heavy (non-hydrogen) atoms. The highest BCUT2D eigenvalue weighted by atomic mass is 32.2. The van der Waals surface area contributed by atoms with E-state index in [0.29, 0.717) is 11.9 Å². The maximum Gasteiger partial charge on any atom is 0.147 e. The number of hydrogen-bond acceptors (Lipinski definition) is 6. The predicted octanol–water partition coefficient (Wildman–Crippen LogP) is 1.81. The van der Waals surface area contributed by atoms with Gasteiger partial charge in [0.1, 0.15) is 12.1 Å². The Morgan fingerprint density at radius 1 is 1.25 bits per heavy atom. The maximum atomic E-state index is 6.17. The molecule has 2 unspecified atom stereocenters. The first kappa shape index (κ1) is 12.0. The van der Waals surface area contributed by atoms with Crippen molar-refractivity contribution >= 4 is 23.3 Å². The van der Waals surface area contributed by atoms with Crippen LogP contribution in [0.2, 0.25) is 0 Å². The number of aromatic nitrogens is 3. The summed E-state index contributed by atoms with van der Waals surface area (Å²) >= 11 is 2.07. The zero-order chi connectivity index (χ0) is 13.5. The van der Waals surface area contributed by atoms with E-state index in [-0.39, 0.29) is 0 Å². The number of rotatable bonds is 2. The zero-order valence-corrected chi connectivity index (χ0v) is 11.8. The molecule has 2 aliphatic heterocycles. The second-order valence-electron chi connectivity index (χ2n) is 5.18. The highest BCUT2D eigenvalue weighted by Crippen LogP contribution is 2.44. The van der Waals surface area contributed by atoms with E-state index in [9.17, 15) is 0 Å². The molecule has 2 bridgehead atoms. The van der Waals surface area contributed by atoms with E-state index in [1.165, 1.54) is 12.2 Å². The molecule has 2 atom stereocenters. The summed E-state index contributed by atoms with van der Waals surface area (Å²) in [6, 6.07) is 4.49. The second kappa shape index (κ2) is 4.63. The van der Waals surface area contributed by atoms with E-state index in [0.717, 1.165) is 28.7 Å². The average Bonchev–Trinajstić information content (AvgIpc) is 3.10. The van der Waals surface area contributed by atoms with Gasteiger partial charge in [0, 0.05) is 41.5 Å². The lowest BCUT2D eigenvalue weighted by Gasteiger charge is -2.31. The second-order valence-corrected chi connectivity index (χ2v) is 6.52. The highest BCUT2D eigenvalue weighted by Gasteiger charge is 2.40. The number of fused-ring (bicyclic) bond motifs is 2. The van der Waals surface area contributed by atoms with Crippen molar-refractivity contribution in [1.29, 1.82) is 0 Å². The van der Waals surface area contributed by atoms with E-state index in [1.807, 2.05) is 12.1 Å². The molecule has 2 saturated heterocycles. The summed E-state index contributed by atoms with van der Waals surface area (Å²) in [6.45, 7) is 1.06. The Bertz CT molecular complexity index is 633. The van der Waals surface area contributed by atoms with Gasteiger partial charge in [-0.1, -0.05) is 0 Å². The summed E-state index contributed by atoms with van der Waals surface area (Å²) in [6.07, 6.45) is 6.33. The van der Waals surface area contributed by atoms with Crippen LogP contribution in [0.4, 0.5) is 11.5 Å². The van der Waals surface area contributed by atoms with Crippen LogP contribution in [0.1, 0.15) is 6.42 Å². The summed E-state index contributed by atoms with van der Waals surface area (Å²) in [7, 11) is 0. The molecular formula is C14H15N5S. The van der Waals surface area contributed by atoms with Crippen molar-refractivity contribution in [2.24, 2.45) is 0 Å². The molecule has 2 N–H and O–H groups in total. The van der Waals surface area contributed by atoms with Crippen LogP contribution in [0.25, 0.3) is 11.3 Å². The molecule has 4 heterocycles. The minimum absolute atomic E-state index is 0.581. The van der Waals surface area contributed by atoms with Crippen LogP contribution in [-0.2, 0) is 0 Å². The van der Waals surface area contributed by atoms with Gasteiger partial charge >= 0.3 is 0 Å². The fraction of sp³-hybridized carbons (Fsp3) is 0.357. The Hall–Kier alpha value is -1.82. The van der Waals surface area contributed by atoms with Crippen molar-refractivity contribution in [3.8, 4) is 11.3 Å². The number of hydrogen-bond donors (Lipinski definition) is 1. The fourth-order valence-electron chi connectivity index (χ4n) is 3.10. The van der Waals surface area contributed by atoms with Gasteiger partial charge in [-0.2, -0.15) is 11.8 Å². The number of nitrogen functional groups attached to an aromatic ring is 1. The van der Waals surface area contributed by atoms with Crippen molar-refractivity contribution in [3.05, 3.63) is 30.9 Å². The average molecular weight is 285 g/mol. The van der Waals surface area contributed by atoms with Gasteiger partial charge in [0.25, 0.3) is 0 Å². The molecule has 2 fully saturated rings. The molecule has 102 valence electrons. The van der Waals surface area contributed by atoms with Crippen molar-refractivity contribution < 1.29 is 0 Å². The fourth-order valence-corrected chi connectivity index (χ4v) is 4.54. The van der Waals surface area contributed by atoms with Crippen LogP contribution in [0.5, 0.6) is 0 Å². The Balaban J connectivity index is 1.83. The quantitative estimate of drug-likeness (QED) is 0.907. The van der Waals surface area contributed by atoms with E-state index < -0.39 is 0 Å². The maximum absolute atomic E-state index is 6.17. The molecular weight excluding hydrogens is 270 g/mol. The molecule has 2 aromatic rings. The SMILES string of the molecule is Nc1nccc(-c2ccncn2)c1N1CC2CC1CS2. The highest BCUT2D eigenvalue weighted by molar-refractivity contribution is 8.00. The monoisotopic (exact) mass is 285 g/mol. The first-order valence-electron chi connectivity index (χ1n) is 6.72. The third-order valence-electron chi connectivity index (χ3n) is 4.00. The minimum atomic E-state index is 0.581. The third-order valence-corrected chi connectivity index (χ3v) is 5.39. The van der Waals surface area contributed by atoms with Gasteiger partial charge in [-0.05, 0) is 18.6 Å². The molecule has 0 amide bonds. The van der Waals surface area contributed by atoms with Crippen molar-refractivity contribution in [2.45, 2.75) is 17.7 Å². The van der Waals surface area contributed by atoms with Crippen LogP contribution in [0.3, 0.4) is 0 Å². The van der Waals surface area contributed by atoms with Crippen LogP contribution in [-0.4, -0.2) is 38.5 Å². The topological polar surface area (TPSA) is 67.9 Å². The lowest BCUT2D eigenvalue weighted by molar-refractivity contribution is 0.763. The minimum Gasteiger partial charge on any atom is -0.382 e. The molecule has 6 heteroatoms. The lowest BCUT2D eigenvalue weighted by Crippen LogP contribution is -2.35. The van der Waals surface area contributed by atoms with Gasteiger partial charge in [0.2, 0.25) is 0 Å². The number of anilines is 2. The predicted molar refractivity (Wildman–Crippen MR) is 81.7 cm³/mol. The van der Waals surface area contributed by atoms with Gasteiger partial charge in [0.05, 0.1) is 11.4 Å². The molecule has 0 spiro atoms. The van der Waals surface area contributed by atoms with Crippen molar-refractivity contribution in [3.63, 3.8) is 0 Å². The number of pyridine rings is 1. The molecule has 0 aliphatic carbocycles. The number of nitrogens with zero attached hydrogens (tertiary/aromatic N) is 4. The van der Waals surface area contributed by atoms with Gasteiger partial charge < -0.3 is 10.6 Å². The molecule has 0 saturated carbocycles. The number of nitrogens with two attached hydrogens (primary N) is 1. The summed E-state index contributed by atoms with van der Waals surface area (Å²) in [5.41, 5.74) is 9.16. The van der Waals surface area contributed by atoms with Crippen molar-refractivity contribution in [1.82, 2.24) is 15.0 Å². The van der Waals surface area contributed by atoms with Crippen LogP contribution in [0, 0.1) is 0 Å². The third kappa shape index (κ3) is 1.83. The smallest absolute Gasteiger partial charge is 0.147 e. The van der Waals surface area contributed by atoms with Gasteiger partial charge in [0.15, 0.2) is 0 Å². The standard InChI is InChI=1S/C14H15N5S/c15-14-13(19-6-10-5-9(19)7-20-10)11(1-4-17-14)12-2-3-16-8-18-12/h1-4,8-10H,5-7H2,(H2,15,17). The van der Waals surface area contributed by atoms with Crippen LogP contribution < -0.4 is 10.6 Å². The molecule has 0 aromatic carbocycles. The summed E-state index contributed by atoms with van der Waals surface area (Å²) in [5.74, 6) is 1.78. The molecule has 2 aromatic heterocycles. The Morgan fingerprint density at radius 2 is 2.20 bits per heavy atom. The first-order valence-corrected chi connectivity index (χ1v) is 7.77. The van der Waals surface area contributed by atoms with E-state index >= 15 is 0 Å². The first-order chi connectivity index (χ1) is 9.83. The molecule has 2 aliphatic rings. The lowest BCUT2D eigenvalue weighted by atomic mass is 10.1. The zero-order valence-electron chi connectivity index (χ0n) is 10.9. The summed E-state index contributed by atoms with van der Waals surface area (Å²) < 4.78 is 0. The molecule has 4 rings (SSSR count). The van der Waals surface area contributed by atoms with Crippen LogP contribution >= 0.6 is 11.8 Å². The van der Waals surface area contributed by atoms with Gasteiger partial charge in [-0.3, -0.25) is 0 Å². The van der Waals surface area contributed by atoms with Gasteiger partial charge in [-0.15, -0.1) is 0 Å². The van der Waals surface area contributed by atoms with Crippen LogP contribution in [0.15, 0.2) is 30.9 Å². The Morgan fingerprint density at radius 3 is 2.90 bits per heavy atom. The van der Waals surface area contributed by atoms with E-state index in [1.54, 1.807) is 18.7 Å². The summed E-state index contributed by atoms with van der Waals surface area (Å²) in [5, 5.41) is 0.734.